The topological polar surface area (TPSA) is 54.0 Å². The van der Waals surface area contributed by atoms with Gasteiger partial charge in [-0.1, -0.05) is 32.0 Å². The summed E-state index contributed by atoms with van der Waals surface area (Å²) < 4.78 is 0. The number of para-hydroxylation sites is 1. The molecule has 0 aliphatic carbocycles. The minimum Gasteiger partial charge on any atom is -0.325 e. The van der Waals surface area contributed by atoms with Crippen LogP contribution in [0.3, 0.4) is 0 Å². The molecule has 0 bridgehead atoms. The fourth-order valence-electron chi connectivity index (χ4n) is 2.10. The average molecular weight is 271 g/mol. The molecule has 0 saturated carbocycles. The predicted molar refractivity (Wildman–Crippen MR) is 82.9 cm³/mol. The zero-order chi connectivity index (χ0) is 14.5. The molecule has 0 aliphatic rings. The molecule has 0 saturated heterocycles. The smallest absolute Gasteiger partial charge is 0.225 e. The van der Waals surface area contributed by atoms with Gasteiger partial charge in [0.1, 0.15) is 0 Å². The molecule has 2 aromatic rings. The number of nitrogens with zero attached hydrogens (tertiary/aromatic N) is 1. The molecule has 1 amide bonds. The van der Waals surface area contributed by atoms with Crippen LogP contribution in [0, 0.1) is 6.92 Å². The van der Waals surface area contributed by atoms with Crippen LogP contribution >= 0.6 is 0 Å². The molecular formula is C16H21N3O. The minimum atomic E-state index is 0.0221. The molecule has 1 heterocycles. The number of pyridine rings is 1. The summed E-state index contributed by atoms with van der Waals surface area (Å²) in [5.74, 6) is 0.0221. The summed E-state index contributed by atoms with van der Waals surface area (Å²) in [6.45, 7) is 6.75. The number of carbonyl (C=O) groups excluding carboxylic acids is 1. The lowest BCUT2D eigenvalue weighted by Gasteiger charge is -2.11. The fraction of sp³-hybridized carbons (Fsp3) is 0.375. The van der Waals surface area contributed by atoms with Gasteiger partial charge in [-0.25, -0.2) is 0 Å². The lowest BCUT2D eigenvalue weighted by molar-refractivity contribution is -0.116. The lowest BCUT2D eigenvalue weighted by Crippen LogP contribution is -2.27. The van der Waals surface area contributed by atoms with Gasteiger partial charge in [0.2, 0.25) is 5.91 Å². The molecule has 0 unspecified atom stereocenters. The molecule has 0 spiro atoms. The van der Waals surface area contributed by atoms with E-state index in [0.29, 0.717) is 19.0 Å². The summed E-state index contributed by atoms with van der Waals surface area (Å²) in [4.78, 5) is 16.4. The Morgan fingerprint density at radius 1 is 1.30 bits per heavy atom. The van der Waals surface area contributed by atoms with E-state index in [4.69, 9.17) is 0 Å². The van der Waals surface area contributed by atoms with Crippen molar-refractivity contribution in [3.05, 3.63) is 36.0 Å². The zero-order valence-electron chi connectivity index (χ0n) is 12.2. The van der Waals surface area contributed by atoms with E-state index in [1.54, 1.807) is 0 Å². The highest BCUT2D eigenvalue weighted by Crippen LogP contribution is 2.22. The van der Waals surface area contributed by atoms with Gasteiger partial charge in [0.15, 0.2) is 0 Å². The van der Waals surface area contributed by atoms with Gasteiger partial charge in [-0.05, 0) is 19.1 Å². The Morgan fingerprint density at radius 2 is 2.05 bits per heavy atom. The molecule has 106 valence electrons. The molecule has 4 nitrogen and oxygen atoms in total. The number of aryl methyl sites for hydroxylation is 1. The number of nitrogens with one attached hydrogen (secondary N) is 2. The number of benzene rings is 1. The van der Waals surface area contributed by atoms with Crippen LogP contribution in [-0.4, -0.2) is 23.5 Å². The number of fused-ring (bicyclic) bond motifs is 1. The Bertz CT molecular complexity index is 608. The molecule has 1 aromatic heterocycles. The van der Waals surface area contributed by atoms with Crippen molar-refractivity contribution in [2.24, 2.45) is 0 Å². The summed E-state index contributed by atoms with van der Waals surface area (Å²) in [6, 6.07) is 10.1. The van der Waals surface area contributed by atoms with E-state index in [0.717, 1.165) is 22.3 Å². The number of amides is 1. The van der Waals surface area contributed by atoms with Gasteiger partial charge in [0, 0.05) is 30.1 Å². The first kappa shape index (κ1) is 14.5. The Morgan fingerprint density at radius 3 is 2.80 bits per heavy atom. The number of aromatic nitrogens is 1. The SMILES string of the molecule is Cc1cc(NC(=O)CCNC(C)C)c2ccccc2n1. The molecule has 1 aromatic carbocycles. The Balaban J connectivity index is 2.11. The second-order valence-corrected chi connectivity index (χ2v) is 5.24. The van der Waals surface area contributed by atoms with E-state index in [2.05, 4.69) is 29.5 Å². The van der Waals surface area contributed by atoms with Crippen LogP contribution in [0.2, 0.25) is 0 Å². The summed E-state index contributed by atoms with van der Waals surface area (Å²) in [6.07, 6.45) is 0.466. The average Bonchev–Trinajstić information content (AvgIpc) is 2.38. The monoisotopic (exact) mass is 271 g/mol. The van der Waals surface area contributed by atoms with E-state index in [1.807, 2.05) is 37.3 Å². The van der Waals surface area contributed by atoms with E-state index < -0.39 is 0 Å². The summed E-state index contributed by atoms with van der Waals surface area (Å²) in [5.41, 5.74) is 2.64. The maximum Gasteiger partial charge on any atom is 0.225 e. The molecule has 2 rings (SSSR count). The first-order chi connectivity index (χ1) is 9.56. The minimum absolute atomic E-state index is 0.0221. The van der Waals surface area contributed by atoms with Gasteiger partial charge in [-0.3, -0.25) is 9.78 Å². The maximum absolute atomic E-state index is 12.0. The predicted octanol–water partition coefficient (Wildman–Crippen LogP) is 2.87. The first-order valence-corrected chi connectivity index (χ1v) is 6.96. The van der Waals surface area contributed by atoms with Crippen molar-refractivity contribution >= 4 is 22.5 Å². The van der Waals surface area contributed by atoms with E-state index in [1.165, 1.54) is 0 Å². The zero-order valence-corrected chi connectivity index (χ0v) is 12.2. The quantitative estimate of drug-likeness (QED) is 0.879. The summed E-state index contributed by atoms with van der Waals surface area (Å²) in [5, 5.41) is 7.19. The van der Waals surface area contributed by atoms with E-state index in [9.17, 15) is 4.79 Å². The third-order valence-corrected chi connectivity index (χ3v) is 3.02. The third-order valence-electron chi connectivity index (χ3n) is 3.02. The van der Waals surface area contributed by atoms with E-state index in [-0.39, 0.29) is 5.91 Å². The normalized spacial score (nSPS) is 11.0. The molecular weight excluding hydrogens is 250 g/mol. The number of hydrogen-bond donors (Lipinski definition) is 2. The highest BCUT2D eigenvalue weighted by atomic mass is 16.1. The Kier molecular flexibility index (Phi) is 4.69. The largest absolute Gasteiger partial charge is 0.325 e. The standard InChI is InChI=1S/C16H21N3O/c1-11(2)17-9-8-16(20)19-15-10-12(3)18-14-7-5-4-6-13(14)15/h4-7,10-11,17H,8-9H2,1-3H3,(H,18,19,20). The summed E-state index contributed by atoms with van der Waals surface area (Å²) >= 11 is 0. The van der Waals surface area contributed by atoms with Crippen molar-refractivity contribution < 1.29 is 4.79 Å². The molecule has 4 heteroatoms. The fourth-order valence-corrected chi connectivity index (χ4v) is 2.10. The second kappa shape index (κ2) is 6.48. The van der Waals surface area contributed by atoms with Crippen LogP contribution < -0.4 is 10.6 Å². The van der Waals surface area contributed by atoms with Gasteiger partial charge in [0.25, 0.3) is 0 Å². The maximum atomic E-state index is 12.0. The lowest BCUT2D eigenvalue weighted by atomic mass is 10.1. The number of rotatable bonds is 5. The van der Waals surface area contributed by atoms with Gasteiger partial charge >= 0.3 is 0 Å². The van der Waals surface area contributed by atoms with Gasteiger partial charge < -0.3 is 10.6 Å². The Hall–Kier alpha value is -1.94. The molecule has 20 heavy (non-hydrogen) atoms. The summed E-state index contributed by atoms with van der Waals surface area (Å²) in [7, 11) is 0. The van der Waals surface area contributed by atoms with Gasteiger partial charge in [-0.15, -0.1) is 0 Å². The molecule has 2 N–H and O–H groups in total. The third kappa shape index (κ3) is 3.78. The van der Waals surface area contributed by atoms with Gasteiger partial charge in [0.05, 0.1) is 11.2 Å². The van der Waals surface area contributed by atoms with Crippen LogP contribution in [0.25, 0.3) is 10.9 Å². The highest BCUT2D eigenvalue weighted by Gasteiger charge is 2.07. The van der Waals surface area contributed by atoms with Crippen molar-refractivity contribution in [1.29, 1.82) is 0 Å². The number of anilines is 1. The van der Waals surface area contributed by atoms with Crippen molar-refractivity contribution in [3.63, 3.8) is 0 Å². The first-order valence-electron chi connectivity index (χ1n) is 6.96. The molecule has 0 radical (unpaired) electrons. The molecule has 0 fully saturated rings. The second-order valence-electron chi connectivity index (χ2n) is 5.24. The Labute approximate surface area is 119 Å². The van der Waals surface area contributed by atoms with Crippen molar-refractivity contribution in [2.45, 2.75) is 33.2 Å². The van der Waals surface area contributed by atoms with Crippen LogP contribution in [0.4, 0.5) is 5.69 Å². The molecule has 0 atom stereocenters. The van der Waals surface area contributed by atoms with Crippen molar-refractivity contribution in [3.8, 4) is 0 Å². The van der Waals surface area contributed by atoms with Crippen LogP contribution in [-0.2, 0) is 4.79 Å². The molecule has 0 aliphatic heterocycles. The van der Waals surface area contributed by atoms with Gasteiger partial charge in [-0.2, -0.15) is 0 Å². The van der Waals surface area contributed by atoms with Crippen LogP contribution in [0.5, 0.6) is 0 Å². The van der Waals surface area contributed by atoms with Crippen molar-refractivity contribution in [1.82, 2.24) is 10.3 Å². The van der Waals surface area contributed by atoms with E-state index >= 15 is 0 Å². The van der Waals surface area contributed by atoms with Crippen LogP contribution in [0.1, 0.15) is 26.0 Å². The van der Waals surface area contributed by atoms with Crippen LogP contribution in [0.15, 0.2) is 30.3 Å². The number of hydrogen-bond acceptors (Lipinski definition) is 3. The highest BCUT2D eigenvalue weighted by molar-refractivity contribution is 6.01. The number of carbonyl (C=O) groups is 1. The van der Waals surface area contributed by atoms with Crippen molar-refractivity contribution in [2.75, 3.05) is 11.9 Å².